The minimum atomic E-state index is -0.231. The Morgan fingerprint density at radius 1 is 1.04 bits per heavy atom. The van der Waals surface area contributed by atoms with Crippen LogP contribution in [-0.2, 0) is 11.3 Å². The molecule has 26 heavy (non-hydrogen) atoms. The van der Waals surface area contributed by atoms with E-state index in [9.17, 15) is 4.79 Å². The van der Waals surface area contributed by atoms with Crippen molar-refractivity contribution in [2.75, 3.05) is 13.1 Å². The second kappa shape index (κ2) is 7.16. The number of aryl methyl sites for hydroxylation is 1. The lowest BCUT2D eigenvalue weighted by Gasteiger charge is -2.41. The first-order valence-corrected chi connectivity index (χ1v) is 9.08. The molecule has 0 N–H and O–H groups in total. The standard InChI is InChI=1S/C22H23N3O/c1-17-12-23-25(13-17)16-18-14-24(15-18)22(26)21(19-8-4-2-5-9-19)20-10-6-3-7-11-20/h2-13,18,21H,14-16H2,1H3. The minimum Gasteiger partial charge on any atom is -0.341 e. The Bertz CT molecular complexity index is 827. The van der Waals surface area contributed by atoms with Crippen LogP contribution >= 0.6 is 0 Å². The quantitative estimate of drug-likeness (QED) is 0.710. The second-order valence-corrected chi connectivity index (χ2v) is 7.10. The third-order valence-corrected chi connectivity index (χ3v) is 4.99. The van der Waals surface area contributed by atoms with Crippen LogP contribution in [0.2, 0.25) is 0 Å². The lowest BCUT2D eigenvalue weighted by molar-refractivity contribution is -0.138. The zero-order valence-corrected chi connectivity index (χ0v) is 15.0. The Morgan fingerprint density at radius 3 is 2.12 bits per heavy atom. The molecule has 2 heterocycles. The molecule has 1 aliphatic heterocycles. The van der Waals surface area contributed by atoms with Crippen LogP contribution in [0.5, 0.6) is 0 Å². The van der Waals surface area contributed by atoms with Crippen molar-refractivity contribution in [3.05, 3.63) is 89.7 Å². The number of benzene rings is 2. The Morgan fingerprint density at radius 2 is 1.62 bits per heavy atom. The Labute approximate surface area is 154 Å². The number of rotatable bonds is 5. The summed E-state index contributed by atoms with van der Waals surface area (Å²) < 4.78 is 1.98. The van der Waals surface area contributed by atoms with Crippen molar-refractivity contribution in [2.24, 2.45) is 5.92 Å². The van der Waals surface area contributed by atoms with Gasteiger partial charge in [0, 0.05) is 31.7 Å². The van der Waals surface area contributed by atoms with E-state index in [1.165, 1.54) is 5.56 Å². The summed E-state index contributed by atoms with van der Waals surface area (Å²) in [6.07, 6.45) is 3.93. The summed E-state index contributed by atoms with van der Waals surface area (Å²) >= 11 is 0. The third kappa shape index (κ3) is 3.40. The maximum absolute atomic E-state index is 13.2. The van der Waals surface area contributed by atoms with Crippen LogP contribution in [0.1, 0.15) is 22.6 Å². The van der Waals surface area contributed by atoms with Gasteiger partial charge in [0.2, 0.25) is 5.91 Å². The average Bonchev–Trinajstić information content (AvgIpc) is 3.05. The number of nitrogens with zero attached hydrogens (tertiary/aromatic N) is 3. The normalized spacial score (nSPS) is 14.5. The fourth-order valence-corrected chi connectivity index (χ4v) is 3.65. The molecule has 0 radical (unpaired) electrons. The molecule has 0 aliphatic carbocycles. The number of hydrogen-bond donors (Lipinski definition) is 0. The summed E-state index contributed by atoms with van der Waals surface area (Å²) in [5, 5.41) is 4.35. The Balaban J connectivity index is 1.48. The van der Waals surface area contributed by atoms with Crippen molar-refractivity contribution in [1.29, 1.82) is 0 Å². The van der Waals surface area contributed by atoms with Crippen molar-refractivity contribution >= 4 is 5.91 Å². The number of carbonyl (C=O) groups excluding carboxylic acids is 1. The largest absolute Gasteiger partial charge is 0.341 e. The van der Waals surface area contributed by atoms with Gasteiger partial charge in [0.05, 0.1) is 12.1 Å². The molecule has 0 spiro atoms. The summed E-state index contributed by atoms with van der Waals surface area (Å²) in [5.74, 6) is 0.436. The van der Waals surface area contributed by atoms with Gasteiger partial charge in [-0.1, -0.05) is 60.7 Å². The van der Waals surface area contributed by atoms with Crippen LogP contribution in [0, 0.1) is 12.8 Å². The van der Waals surface area contributed by atoms with E-state index in [0.29, 0.717) is 5.92 Å². The smallest absolute Gasteiger partial charge is 0.234 e. The maximum atomic E-state index is 13.2. The summed E-state index contributed by atoms with van der Waals surface area (Å²) in [4.78, 5) is 15.2. The predicted octanol–water partition coefficient (Wildman–Crippen LogP) is 3.48. The number of likely N-dealkylation sites (tertiary alicyclic amines) is 1. The number of amides is 1. The minimum absolute atomic E-state index is 0.190. The van der Waals surface area contributed by atoms with Crippen LogP contribution in [0.25, 0.3) is 0 Å². The fraction of sp³-hybridized carbons (Fsp3) is 0.273. The monoisotopic (exact) mass is 345 g/mol. The number of aromatic nitrogens is 2. The zero-order valence-electron chi connectivity index (χ0n) is 15.0. The van der Waals surface area contributed by atoms with Gasteiger partial charge >= 0.3 is 0 Å². The highest BCUT2D eigenvalue weighted by Crippen LogP contribution is 2.30. The highest BCUT2D eigenvalue weighted by atomic mass is 16.2. The molecular formula is C22H23N3O. The SMILES string of the molecule is Cc1cnn(CC2CN(C(=O)C(c3ccccc3)c3ccccc3)C2)c1. The molecule has 0 unspecified atom stereocenters. The van der Waals surface area contributed by atoms with Gasteiger partial charge in [-0.15, -0.1) is 0 Å². The molecule has 1 aromatic heterocycles. The summed E-state index contributed by atoms with van der Waals surface area (Å²) in [7, 11) is 0. The molecule has 0 atom stereocenters. The molecule has 3 aromatic rings. The lowest BCUT2D eigenvalue weighted by atomic mass is 9.88. The molecule has 2 aromatic carbocycles. The Kier molecular flexibility index (Phi) is 4.57. The molecule has 4 rings (SSSR count). The number of hydrogen-bond acceptors (Lipinski definition) is 2. The predicted molar refractivity (Wildman–Crippen MR) is 102 cm³/mol. The fourth-order valence-electron chi connectivity index (χ4n) is 3.65. The van der Waals surface area contributed by atoms with Crippen LogP contribution < -0.4 is 0 Å². The van der Waals surface area contributed by atoms with Crippen LogP contribution in [0.15, 0.2) is 73.1 Å². The van der Waals surface area contributed by atoms with Crippen molar-refractivity contribution in [3.8, 4) is 0 Å². The van der Waals surface area contributed by atoms with Gasteiger partial charge in [0.1, 0.15) is 0 Å². The van der Waals surface area contributed by atoms with E-state index < -0.39 is 0 Å². The van der Waals surface area contributed by atoms with Crippen LogP contribution in [0.3, 0.4) is 0 Å². The molecule has 0 saturated carbocycles. The van der Waals surface area contributed by atoms with Crippen molar-refractivity contribution in [3.63, 3.8) is 0 Å². The van der Waals surface area contributed by atoms with Gasteiger partial charge in [-0.3, -0.25) is 9.48 Å². The molecular weight excluding hydrogens is 322 g/mol. The third-order valence-electron chi connectivity index (χ3n) is 4.99. The van der Waals surface area contributed by atoms with Crippen LogP contribution in [-0.4, -0.2) is 33.7 Å². The van der Waals surface area contributed by atoms with E-state index in [1.54, 1.807) is 0 Å². The van der Waals surface area contributed by atoms with Crippen LogP contribution in [0.4, 0.5) is 0 Å². The first-order valence-electron chi connectivity index (χ1n) is 9.08. The van der Waals surface area contributed by atoms with E-state index in [2.05, 4.69) is 11.3 Å². The maximum Gasteiger partial charge on any atom is 0.234 e. The highest BCUT2D eigenvalue weighted by molar-refractivity contribution is 5.87. The van der Waals surface area contributed by atoms with Gasteiger partial charge in [-0.2, -0.15) is 5.10 Å². The van der Waals surface area contributed by atoms with E-state index >= 15 is 0 Å². The second-order valence-electron chi connectivity index (χ2n) is 7.10. The summed E-state index contributed by atoms with van der Waals surface area (Å²) in [5.41, 5.74) is 3.27. The van der Waals surface area contributed by atoms with E-state index in [0.717, 1.165) is 30.8 Å². The van der Waals surface area contributed by atoms with Gasteiger partial charge in [0.25, 0.3) is 0 Å². The van der Waals surface area contributed by atoms with Gasteiger partial charge in [-0.05, 0) is 23.6 Å². The molecule has 0 bridgehead atoms. The summed E-state index contributed by atoms with van der Waals surface area (Å²) in [6.45, 7) is 4.52. The van der Waals surface area contributed by atoms with Gasteiger partial charge in [-0.25, -0.2) is 0 Å². The molecule has 1 saturated heterocycles. The first-order chi connectivity index (χ1) is 12.7. The molecule has 132 valence electrons. The van der Waals surface area contributed by atoms with Crippen molar-refractivity contribution < 1.29 is 4.79 Å². The van der Waals surface area contributed by atoms with E-state index in [-0.39, 0.29) is 11.8 Å². The zero-order chi connectivity index (χ0) is 17.9. The highest BCUT2D eigenvalue weighted by Gasteiger charge is 2.35. The van der Waals surface area contributed by atoms with Crippen molar-refractivity contribution in [1.82, 2.24) is 14.7 Å². The molecule has 4 heteroatoms. The van der Waals surface area contributed by atoms with E-state index in [4.69, 9.17) is 0 Å². The van der Waals surface area contributed by atoms with Gasteiger partial charge in [0.15, 0.2) is 0 Å². The molecule has 1 amide bonds. The molecule has 4 nitrogen and oxygen atoms in total. The lowest BCUT2D eigenvalue weighted by Crippen LogP contribution is -2.53. The molecule has 1 aliphatic rings. The van der Waals surface area contributed by atoms with Gasteiger partial charge < -0.3 is 4.90 Å². The summed E-state index contributed by atoms with van der Waals surface area (Å²) in [6, 6.07) is 20.1. The number of carbonyl (C=O) groups is 1. The first kappa shape index (κ1) is 16.6. The average molecular weight is 345 g/mol. The Hall–Kier alpha value is -2.88. The van der Waals surface area contributed by atoms with E-state index in [1.807, 2.05) is 83.4 Å². The van der Waals surface area contributed by atoms with Crippen molar-refractivity contribution in [2.45, 2.75) is 19.4 Å². The molecule has 1 fully saturated rings. The topological polar surface area (TPSA) is 38.1 Å².